The lowest BCUT2D eigenvalue weighted by atomic mass is 9.87. The van der Waals surface area contributed by atoms with Gasteiger partial charge in [0.25, 0.3) is 0 Å². The predicted octanol–water partition coefficient (Wildman–Crippen LogP) is 4.61. The Morgan fingerprint density at radius 3 is 2.87 bits per heavy atom. The highest BCUT2D eigenvalue weighted by Gasteiger charge is 2.31. The van der Waals surface area contributed by atoms with Crippen molar-refractivity contribution < 1.29 is 28.5 Å². The van der Waals surface area contributed by atoms with Crippen LogP contribution >= 0.6 is 0 Å². The second kappa shape index (κ2) is 9.62. The molecule has 2 atom stereocenters. The molecule has 0 saturated heterocycles. The van der Waals surface area contributed by atoms with Gasteiger partial charge in [-0.2, -0.15) is 0 Å². The normalized spacial score (nSPS) is 19.6. The highest BCUT2D eigenvalue weighted by molar-refractivity contribution is 5.76. The number of carboxylic acids is 1. The van der Waals surface area contributed by atoms with Crippen molar-refractivity contribution in [2.75, 3.05) is 13.7 Å². The number of methoxy groups -OCH3 is 1. The van der Waals surface area contributed by atoms with E-state index in [4.69, 9.17) is 18.6 Å². The maximum absolute atomic E-state index is 11.2. The number of hydrogen-bond donors (Lipinski definition) is 1. The van der Waals surface area contributed by atoms with Crippen molar-refractivity contribution >= 4 is 5.97 Å². The molecule has 0 aliphatic heterocycles. The van der Waals surface area contributed by atoms with Crippen LogP contribution in [0, 0.1) is 12.8 Å². The van der Waals surface area contributed by atoms with E-state index >= 15 is 0 Å². The molecule has 1 aromatic carbocycles. The van der Waals surface area contributed by atoms with E-state index in [-0.39, 0.29) is 6.10 Å². The molecule has 1 N–H and O–H groups in total. The summed E-state index contributed by atoms with van der Waals surface area (Å²) in [6.07, 6.45) is 4.02. The summed E-state index contributed by atoms with van der Waals surface area (Å²) in [6, 6.07) is 7.60. The van der Waals surface area contributed by atoms with Gasteiger partial charge in [0.2, 0.25) is 5.89 Å². The van der Waals surface area contributed by atoms with E-state index in [0.29, 0.717) is 25.0 Å². The molecular formula is C23H31NO6. The lowest BCUT2D eigenvalue weighted by Crippen LogP contribution is -2.37. The van der Waals surface area contributed by atoms with Gasteiger partial charge in [0.15, 0.2) is 5.60 Å². The van der Waals surface area contributed by atoms with Crippen molar-refractivity contribution in [3.05, 3.63) is 35.7 Å². The molecule has 7 heteroatoms. The molecule has 1 aliphatic rings. The summed E-state index contributed by atoms with van der Waals surface area (Å²) in [5.74, 6) is 1.40. The van der Waals surface area contributed by atoms with E-state index < -0.39 is 11.6 Å². The average Bonchev–Trinajstić information content (AvgIpc) is 3.11. The van der Waals surface area contributed by atoms with Crippen LogP contribution in [0.4, 0.5) is 0 Å². The fourth-order valence-corrected chi connectivity index (χ4v) is 3.57. The first-order valence-electron chi connectivity index (χ1n) is 10.4. The van der Waals surface area contributed by atoms with Crippen LogP contribution in [-0.2, 0) is 20.9 Å². The molecule has 1 unspecified atom stereocenters. The van der Waals surface area contributed by atoms with E-state index in [0.717, 1.165) is 48.5 Å². The van der Waals surface area contributed by atoms with Crippen LogP contribution in [0.5, 0.6) is 5.75 Å². The molecule has 3 rings (SSSR count). The molecule has 0 spiro atoms. The van der Waals surface area contributed by atoms with Gasteiger partial charge in [-0.05, 0) is 64.2 Å². The molecule has 1 fully saturated rings. The molecular weight excluding hydrogens is 386 g/mol. The van der Waals surface area contributed by atoms with Crippen LogP contribution in [-0.4, -0.2) is 41.5 Å². The first-order chi connectivity index (χ1) is 14.3. The van der Waals surface area contributed by atoms with E-state index in [1.165, 1.54) is 0 Å². The molecule has 7 nitrogen and oxygen atoms in total. The van der Waals surface area contributed by atoms with Crippen molar-refractivity contribution in [1.29, 1.82) is 0 Å². The fraction of sp³-hybridized carbons (Fsp3) is 0.565. The van der Waals surface area contributed by atoms with Crippen molar-refractivity contribution in [1.82, 2.24) is 4.98 Å². The standard InChI is InChI=1S/C23H31NO6/c1-15-20(24-21(30-15)17-8-6-9-18(12-17)27-4)14-28-19-10-5-7-16(11-19)13-29-23(2,3)22(25)26/h6,8-9,12,16,19H,5,7,10-11,13-14H2,1-4H3,(H,25,26)/t16?,19-/m1/s1. The minimum absolute atomic E-state index is 0.108. The topological polar surface area (TPSA) is 91.0 Å². The zero-order valence-electron chi connectivity index (χ0n) is 18.1. The molecule has 1 saturated carbocycles. The summed E-state index contributed by atoms with van der Waals surface area (Å²) in [7, 11) is 1.63. The highest BCUT2D eigenvalue weighted by atomic mass is 16.5. The van der Waals surface area contributed by atoms with E-state index in [2.05, 4.69) is 4.98 Å². The fourth-order valence-electron chi connectivity index (χ4n) is 3.57. The number of carboxylic acid groups (broad SMARTS) is 1. The summed E-state index contributed by atoms with van der Waals surface area (Å²) in [5, 5.41) is 9.20. The molecule has 1 heterocycles. The number of aliphatic carboxylic acids is 1. The SMILES string of the molecule is COc1cccc(-c2nc(CO[C@@H]3CCCC(COC(C)(C)C(=O)O)C3)c(C)o2)c1. The number of aromatic nitrogens is 1. The quantitative estimate of drug-likeness (QED) is 0.637. The Hall–Kier alpha value is -2.38. The van der Waals surface area contributed by atoms with Gasteiger partial charge in [-0.3, -0.25) is 0 Å². The number of rotatable bonds is 9. The van der Waals surface area contributed by atoms with Gasteiger partial charge < -0.3 is 23.7 Å². The van der Waals surface area contributed by atoms with E-state index in [1.807, 2.05) is 31.2 Å². The van der Waals surface area contributed by atoms with E-state index in [9.17, 15) is 9.90 Å². The first kappa shape index (κ1) is 22.3. The third-order valence-electron chi connectivity index (χ3n) is 5.59. The second-order valence-electron chi connectivity index (χ2n) is 8.35. The van der Waals surface area contributed by atoms with Gasteiger partial charge >= 0.3 is 5.97 Å². The molecule has 164 valence electrons. The van der Waals surface area contributed by atoms with Crippen LogP contribution in [0.1, 0.15) is 51.0 Å². The Labute approximate surface area is 177 Å². The maximum atomic E-state index is 11.2. The largest absolute Gasteiger partial charge is 0.497 e. The van der Waals surface area contributed by atoms with Gasteiger partial charge in [-0.25, -0.2) is 9.78 Å². The number of hydrogen-bond acceptors (Lipinski definition) is 6. The highest BCUT2D eigenvalue weighted by Crippen LogP contribution is 2.30. The predicted molar refractivity (Wildman–Crippen MR) is 111 cm³/mol. The third-order valence-corrected chi connectivity index (χ3v) is 5.59. The number of aryl methyl sites for hydroxylation is 1. The van der Waals surface area contributed by atoms with E-state index in [1.54, 1.807) is 21.0 Å². The summed E-state index contributed by atoms with van der Waals surface area (Å²) in [4.78, 5) is 15.8. The monoisotopic (exact) mass is 417 g/mol. The lowest BCUT2D eigenvalue weighted by molar-refractivity contribution is -0.163. The molecule has 30 heavy (non-hydrogen) atoms. The van der Waals surface area contributed by atoms with Crippen LogP contribution in [0.25, 0.3) is 11.5 Å². The van der Waals surface area contributed by atoms with Gasteiger partial charge in [0.05, 0.1) is 26.4 Å². The minimum atomic E-state index is -1.16. The van der Waals surface area contributed by atoms with Gasteiger partial charge in [0, 0.05) is 5.56 Å². The Bertz CT molecular complexity index is 859. The number of ether oxygens (including phenoxy) is 3. The van der Waals surface area contributed by atoms with Gasteiger partial charge in [-0.1, -0.05) is 12.5 Å². The smallest absolute Gasteiger partial charge is 0.335 e. The third kappa shape index (κ3) is 5.61. The zero-order valence-corrected chi connectivity index (χ0v) is 18.1. The van der Waals surface area contributed by atoms with Gasteiger partial charge in [-0.15, -0.1) is 0 Å². The Morgan fingerprint density at radius 1 is 1.33 bits per heavy atom. The Kier molecular flexibility index (Phi) is 7.15. The van der Waals surface area contributed by atoms with Crippen LogP contribution < -0.4 is 4.74 Å². The molecule has 1 aromatic heterocycles. The van der Waals surface area contributed by atoms with Crippen LogP contribution in [0.15, 0.2) is 28.7 Å². The molecule has 1 aliphatic carbocycles. The second-order valence-corrected chi connectivity index (χ2v) is 8.35. The lowest BCUT2D eigenvalue weighted by Gasteiger charge is -2.31. The number of oxazole rings is 1. The number of carbonyl (C=O) groups is 1. The number of benzene rings is 1. The summed E-state index contributed by atoms with van der Waals surface area (Å²) >= 11 is 0. The first-order valence-corrected chi connectivity index (χ1v) is 10.4. The van der Waals surface area contributed by atoms with Crippen molar-refractivity contribution in [2.24, 2.45) is 5.92 Å². The van der Waals surface area contributed by atoms with Gasteiger partial charge in [0.1, 0.15) is 17.2 Å². The van der Waals surface area contributed by atoms with Crippen LogP contribution in [0.2, 0.25) is 0 Å². The van der Waals surface area contributed by atoms with Crippen molar-refractivity contribution in [3.8, 4) is 17.2 Å². The maximum Gasteiger partial charge on any atom is 0.335 e. The Balaban J connectivity index is 1.55. The average molecular weight is 418 g/mol. The van der Waals surface area contributed by atoms with Crippen molar-refractivity contribution in [3.63, 3.8) is 0 Å². The summed E-state index contributed by atoms with van der Waals surface area (Å²) < 4.78 is 22.9. The summed E-state index contributed by atoms with van der Waals surface area (Å²) in [5.41, 5.74) is 0.486. The molecule has 0 radical (unpaired) electrons. The zero-order chi connectivity index (χ0) is 21.7. The molecule has 2 aromatic rings. The number of nitrogens with zero attached hydrogens (tertiary/aromatic N) is 1. The Morgan fingerprint density at radius 2 is 2.13 bits per heavy atom. The molecule has 0 amide bonds. The van der Waals surface area contributed by atoms with Crippen LogP contribution in [0.3, 0.4) is 0 Å². The van der Waals surface area contributed by atoms with Crippen molar-refractivity contribution in [2.45, 2.75) is 64.8 Å². The summed E-state index contributed by atoms with van der Waals surface area (Å²) in [6.45, 7) is 5.87. The molecule has 0 bridgehead atoms. The minimum Gasteiger partial charge on any atom is -0.497 e.